The van der Waals surface area contributed by atoms with Gasteiger partial charge in [0.25, 0.3) is 0 Å². The van der Waals surface area contributed by atoms with Gasteiger partial charge in [0, 0.05) is 6.07 Å². The van der Waals surface area contributed by atoms with Gasteiger partial charge in [-0.05, 0) is 43.4 Å². The van der Waals surface area contributed by atoms with Gasteiger partial charge in [0.15, 0.2) is 5.78 Å². The molecule has 1 aliphatic heterocycles. The van der Waals surface area contributed by atoms with Crippen molar-refractivity contribution >= 4 is 5.78 Å². The lowest BCUT2D eigenvalue weighted by molar-refractivity contribution is 0.0448. The third kappa shape index (κ3) is 2.83. The van der Waals surface area contributed by atoms with Crippen molar-refractivity contribution in [1.29, 1.82) is 0 Å². The van der Waals surface area contributed by atoms with Gasteiger partial charge in [-0.1, -0.05) is 30.3 Å². The Bertz CT molecular complexity index is 715. The number of carbonyl (C=O) groups is 1. The molecule has 1 saturated carbocycles. The van der Waals surface area contributed by atoms with E-state index in [2.05, 4.69) is 0 Å². The molecule has 1 heterocycles. The van der Waals surface area contributed by atoms with Crippen LogP contribution in [0.1, 0.15) is 48.0 Å². The summed E-state index contributed by atoms with van der Waals surface area (Å²) in [6, 6.07) is 15.6. The Balaban J connectivity index is 1.54. The van der Waals surface area contributed by atoms with Crippen LogP contribution in [-0.4, -0.2) is 11.4 Å². The summed E-state index contributed by atoms with van der Waals surface area (Å²) in [5, 5.41) is 0. The number of rotatable bonds is 3. The Kier molecular flexibility index (Phi) is 3.56. The quantitative estimate of drug-likeness (QED) is 0.835. The lowest BCUT2D eigenvalue weighted by Crippen LogP contribution is -2.39. The van der Waals surface area contributed by atoms with Gasteiger partial charge in [-0.15, -0.1) is 0 Å². The SMILES string of the molecule is O=C1CC2(CCCC2)Oc2cc(OCc3ccccc3)ccc21. The third-order valence-electron chi connectivity index (χ3n) is 4.83. The summed E-state index contributed by atoms with van der Waals surface area (Å²) in [7, 11) is 0. The highest BCUT2D eigenvalue weighted by atomic mass is 16.5. The Hall–Kier alpha value is -2.29. The summed E-state index contributed by atoms with van der Waals surface area (Å²) >= 11 is 0. The van der Waals surface area contributed by atoms with E-state index in [1.807, 2.05) is 48.5 Å². The van der Waals surface area contributed by atoms with Crippen molar-refractivity contribution in [3.63, 3.8) is 0 Å². The smallest absolute Gasteiger partial charge is 0.170 e. The molecule has 118 valence electrons. The first kappa shape index (κ1) is 14.3. The fourth-order valence-corrected chi connectivity index (χ4v) is 3.60. The molecule has 0 atom stereocenters. The number of benzene rings is 2. The fourth-order valence-electron chi connectivity index (χ4n) is 3.60. The number of fused-ring (bicyclic) bond motifs is 1. The van der Waals surface area contributed by atoms with Crippen LogP contribution in [0.5, 0.6) is 11.5 Å². The molecule has 0 unspecified atom stereocenters. The van der Waals surface area contributed by atoms with Gasteiger partial charge < -0.3 is 9.47 Å². The number of carbonyl (C=O) groups excluding carboxylic acids is 1. The lowest BCUT2D eigenvalue weighted by atomic mass is 9.88. The van der Waals surface area contributed by atoms with Crippen LogP contribution in [0.2, 0.25) is 0 Å². The predicted octanol–water partition coefficient (Wildman–Crippen LogP) is 4.54. The minimum absolute atomic E-state index is 0.197. The van der Waals surface area contributed by atoms with E-state index in [-0.39, 0.29) is 11.4 Å². The molecule has 1 aliphatic carbocycles. The fraction of sp³-hybridized carbons (Fsp3) is 0.350. The molecular weight excluding hydrogens is 288 g/mol. The minimum Gasteiger partial charge on any atom is -0.489 e. The molecule has 0 N–H and O–H groups in total. The van der Waals surface area contributed by atoms with E-state index in [1.165, 1.54) is 0 Å². The summed E-state index contributed by atoms with van der Waals surface area (Å²) in [6.07, 6.45) is 4.77. The van der Waals surface area contributed by atoms with Crippen LogP contribution in [0.25, 0.3) is 0 Å². The maximum atomic E-state index is 12.4. The molecule has 1 fully saturated rings. The van der Waals surface area contributed by atoms with E-state index in [4.69, 9.17) is 9.47 Å². The van der Waals surface area contributed by atoms with E-state index < -0.39 is 0 Å². The average molecular weight is 308 g/mol. The first-order chi connectivity index (χ1) is 11.2. The third-order valence-corrected chi connectivity index (χ3v) is 4.83. The molecule has 2 aromatic carbocycles. The summed E-state index contributed by atoms with van der Waals surface area (Å²) < 4.78 is 12.1. The maximum Gasteiger partial charge on any atom is 0.170 e. The number of Topliss-reactive ketones (excluding diaryl/α,β-unsaturated/α-hetero) is 1. The Morgan fingerprint density at radius 1 is 1.04 bits per heavy atom. The van der Waals surface area contributed by atoms with Gasteiger partial charge in [-0.2, -0.15) is 0 Å². The van der Waals surface area contributed by atoms with Crippen LogP contribution in [-0.2, 0) is 6.61 Å². The van der Waals surface area contributed by atoms with Gasteiger partial charge in [0.2, 0.25) is 0 Å². The van der Waals surface area contributed by atoms with Gasteiger partial charge in [0.1, 0.15) is 23.7 Å². The molecule has 0 bridgehead atoms. The zero-order valence-corrected chi connectivity index (χ0v) is 13.1. The summed E-state index contributed by atoms with van der Waals surface area (Å²) in [6.45, 7) is 0.513. The van der Waals surface area contributed by atoms with Crippen molar-refractivity contribution < 1.29 is 14.3 Å². The Labute approximate surface area is 136 Å². The minimum atomic E-state index is -0.262. The highest BCUT2D eigenvalue weighted by Crippen LogP contribution is 2.43. The van der Waals surface area contributed by atoms with Crippen molar-refractivity contribution in [2.24, 2.45) is 0 Å². The van der Waals surface area contributed by atoms with Crippen LogP contribution >= 0.6 is 0 Å². The predicted molar refractivity (Wildman–Crippen MR) is 88.0 cm³/mol. The summed E-state index contributed by atoms with van der Waals surface area (Å²) in [5.74, 6) is 1.63. The van der Waals surface area contributed by atoms with Crippen molar-refractivity contribution in [1.82, 2.24) is 0 Å². The molecule has 0 amide bonds. The largest absolute Gasteiger partial charge is 0.489 e. The number of ether oxygens (including phenoxy) is 2. The van der Waals surface area contributed by atoms with Gasteiger partial charge in [0.05, 0.1) is 12.0 Å². The van der Waals surface area contributed by atoms with Crippen LogP contribution in [0.3, 0.4) is 0 Å². The maximum absolute atomic E-state index is 12.4. The zero-order chi connectivity index (χ0) is 15.7. The van der Waals surface area contributed by atoms with Crippen molar-refractivity contribution in [3.8, 4) is 11.5 Å². The van der Waals surface area contributed by atoms with Crippen molar-refractivity contribution in [2.75, 3.05) is 0 Å². The Morgan fingerprint density at radius 2 is 1.83 bits per heavy atom. The van der Waals surface area contributed by atoms with Crippen LogP contribution < -0.4 is 9.47 Å². The first-order valence-electron chi connectivity index (χ1n) is 8.27. The van der Waals surface area contributed by atoms with Gasteiger partial charge in [-0.3, -0.25) is 4.79 Å². The summed E-state index contributed by atoms with van der Waals surface area (Å²) in [4.78, 5) is 12.4. The molecule has 0 radical (unpaired) electrons. The highest BCUT2D eigenvalue weighted by molar-refractivity contribution is 6.00. The number of hydrogen-bond acceptors (Lipinski definition) is 3. The second-order valence-corrected chi connectivity index (χ2v) is 6.52. The molecule has 2 aliphatic rings. The van der Waals surface area contributed by atoms with E-state index >= 15 is 0 Å². The monoisotopic (exact) mass is 308 g/mol. The highest BCUT2D eigenvalue weighted by Gasteiger charge is 2.42. The second kappa shape index (κ2) is 5.73. The molecule has 2 aromatic rings. The molecule has 0 aromatic heterocycles. The van der Waals surface area contributed by atoms with Crippen LogP contribution in [0.15, 0.2) is 48.5 Å². The second-order valence-electron chi connectivity index (χ2n) is 6.52. The van der Waals surface area contributed by atoms with E-state index in [0.29, 0.717) is 24.3 Å². The molecular formula is C20H20O3. The average Bonchev–Trinajstić information content (AvgIpc) is 3.01. The molecule has 3 heteroatoms. The van der Waals surface area contributed by atoms with Crippen LogP contribution in [0, 0.1) is 0 Å². The van der Waals surface area contributed by atoms with Crippen molar-refractivity contribution in [3.05, 3.63) is 59.7 Å². The molecule has 3 nitrogen and oxygen atoms in total. The van der Waals surface area contributed by atoms with Crippen LogP contribution in [0.4, 0.5) is 0 Å². The topological polar surface area (TPSA) is 35.5 Å². The lowest BCUT2D eigenvalue weighted by Gasteiger charge is -2.34. The number of hydrogen-bond donors (Lipinski definition) is 0. The van der Waals surface area contributed by atoms with Gasteiger partial charge in [-0.25, -0.2) is 0 Å². The van der Waals surface area contributed by atoms with Crippen molar-refractivity contribution in [2.45, 2.75) is 44.3 Å². The summed E-state index contributed by atoms with van der Waals surface area (Å²) in [5.41, 5.74) is 1.55. The number of ketones is 1. The standard InChI is InChI=1S/C20H20O3/c21-18-13-20(10-4-5-11-20)23-19-12-16(8-9-17(18)19)22-14-15-6-2-1-3-7-15/h1-3,6-9,12H,4-5,10-11,13-14H2. The van der Waals surface area contributed by atoms with E-state index in [9.17, 15) is 4.79 Å². The molecule has 23 heavy (non-hydrogen) atoms. The molecule has 0 saturated heterocycles. The Morgan fingerprint density at radius 3 is 2.61 bits per heavy atom. The zero-order valence-electron chi connectivity index (χ0n) is 13.1. The first-order valence-corrected chi connectivity index (χ1v) is 8.27. The van der Waals surface area contributed by atoms with E-state index in [0.717, 1.165) is 37.0 Å². The van der Waals surface area contributed by atoms with Gasteiger partial charge >= 0.3 is 0 Å². The normalized spacial score (nSPS) is 18.5. The molecule has 4 rings (SSSR count). The molecule has 1 spiro atoms. The van der Waals surface area contributed by atoms with E-state index in [1.54, 1.807) is 0 Å².